The van der Waals surface area contributed by atoms with Crippen LogP contribution in [-0.4, -0.2) is 59.3 Å². The Morgan fingerprint density at radius 2 is 1.88 bits per heavy atom. The number of anilines is 1. The van der Waals surface area contributed by atoms with Crippen LogP contribution < -0.4 is 5.32 Å². The van der Waals surface area contributed by atoms with Crippen LogP contribution in [0.3, 0.4) is 0 Å². The van der Waals surface area contributed by atoms with E-state index in [1.165, 1.54) is 10.8 Å². The van der Waals surface area contributed by atoms with Crippen LogP contribution in [0.4, 0.5) is 5.82 Å². The van der Waals surface area contributed by atoms with E-state index in [1.54, 1.807) is 0 Å². The van der Waals surface area contributed by atoms with Gasteiger partial charge in [-0.25, -0.2) is 4.68 Å². The van der Waals surface area contributed by atoms with Crippen molar-refractivity contribution in [1.82, 2.24) is 19.9 Å². The highest BCUT2D eigenvalue weighted by Crippen LogP contribution is 2.21. The summed E-state index contributed by atoms with van der Waals surface area (Å²) in [7, 11) is 0. The van der Waals surface area contributed by atoms with E-state index in [4.69, 9.17) is 4.74 Å². The molecular weight excluding hydrogens is 302 g/mol. The van der Waals surface area contributed by atoms with Crippen LogP contribution in [0.2, 0.25) is 0 Å². The first-order valence-electron chi connectivity index (χ1n) is 8.35. The molecule has 2 aromatic carbocycles. The Morgan fingerprint density at radius 1 is 1.04 bits per heavy atom. The van der Waals surface area contributed by atoms with Crippen molar-refractivity contribution in [2.45, 2.75) is 0 Å². The van der Waals surface area contributed by atoms with Gasteiger partial charge in [-0.05, 0) is 11.5 Å². The van der Waals surface area contributed by atoms with Gasteiger partial charge < -0.3 is 10.1 Å². The minimum Gasteiger partial charge on any atom is -0.379 e. The van der Waals surface area contributed by atoms with Crippen molar-refractivity contribution in [3.05, 3.63) is 48.7 Å². The summed E-state index contributed by atoms with van der Waals surface area (Å²) < 4.78 is 7.20. The predicted molar refractivity (Wildman–Crippen MR) is 94.6 cm³/mol. The normalized spacial score (nSPS) is 15.7. The number of fused-ring (bicyclic) bond motifs is 1. The lowest BCUT2D eigenvalue weighted by Crippen LogP contribution is -2.39. The standard InChI is InChI=1S/C18H21N5O/c1-2-6-16-15(4-1)5-3-7-17(16)23-14-18(20-21-23)19-8-9-22-10-12-24-13-11-22/h1-7,14,19H,8-13H2. The molecule has 1 saturated heterocycles. The molecule has 0 bridgehead atoms. The van der Waals surface area contributed by atoms with Crippen LogP contribution in [0.5, 0.6) is 0 Å². The maximum Gasteiger partial charge on any atom is 0.169 e. The lowest BCUT2D eigenvalue weighted by molar-refractivity contribution is 0.0398. The number of hydrogen-bond donors (Lipinski definition) is 1. The molecule has 6 heteroatoms. The largest absolute Gasteiger partial charge is 0.379 e. The molecule has 0 amide bonds. The third-order valence-corrected chi connectivity index (χ3v) is 4.34. The number of hydrogen-bond acceptors (Lipinski definition) is 5. The Hall–Kier alpha value is -2.44. The number of aromatic nitrogens is 3. The highest BCUT2D eigenvalue weighted by Gasteiger charge is 2.10. The Balaban J connectivity index is 1.44. The molecule has 0 unspecified atom stereocenters. The molecule has 1 aromatic heterocycles. The van der Waals surface area contributed by atoms with Gasteiger partial charge in [-0.1, -0.05) is 41.6 Å². The summed E-state index contributed by atoms with van der Waals surface area (Å²) in [5.41, 5.74) is 1.04. The average molecular weight is 323 g/mol. The summed E-state index contributed by atoms with van der Waals surface area (Å²) in [5, 5.41) is 14.2. The lowest BCUT2D eigenvalue weighted by Gasteiger charge is -2.26. The van der Waals surface area contributed by atoms with Gasteiger partial charge in [-0.2, -0.15) is 0 Å². The topological polar surface area (TPSA) is 55.2 Å². The predicted octanol–water partition coefficient (Wildman–Crippen LogP) is 2.16. The van der Waals surface area contributed by atoms with Crippen molar-refractivity contribution in [2.75, 3.05) is 44.7 Å². The van der Waals surface area contributed by atoms with E-state index in [-0.39, 0.29) is 0 Å². The summed E-state index contributed by atoms with van der Waals surface area (Å²) in [6.07, 6.45) is 1.95. The minimum absolute atomic E-state index is 0.802. The summed E-state index contributed by atoms with van der Waals surface area (Å²) >= 11 is 0. The molecule has 2 heterocycles. The van der Waals surface area contributed by atoms with Gasteiger partial charge in [-0.3, -0.25) is 4.90 Å². The minimum atomic E-state index is 0.802. The molecule has 4 rings (SSSR count). The van der Waals surface area contributed by atoms with E-state index in [9.17, 15) is 0 Å². The molecule has 24 heavy (non-hydrogen) atoms. The van der Waals surface area contributed by atoms with Gasteiger partial charge in [0.05, 0.1) is 25.1 Å². The molecule has 0 saturated carbocycles. The Morgan fingerprint density at radius 3 is 2.79 bits per heavy atom. The molecule has 0 radical (unpaired) electrons. The monoisotopic (exact) mass is 323 g/mol. The second-order valence-corrected chi connectivity index (χ2v) is 5.93. The van der Waals surface area contributed by atoms with Crippen LogP contribution in [0.1, 0.15) is 0 Å². The van der Waals surface area contributed by atoms with Gasteiger partial charge in [0, 0.05) is 31.6 Å². The van der Waals surface area contributed by atoms with Gasteiger partial charge in [-0.15, -0.1) is 5.10 Å². The fraction of sp³-hybridized carbons (Fsp3) is 0.333. The molecular formula is C18H21N5O. The van der Waals surface area contributed by atoms with Gasteiger partial charge >= 0.3 is 0 Å². The number of rotatable bonds is 5. The van der Waals surface area contributed by atoms with Crippen molar-refractivity contribution in [1.29, 1.82) is 0 Å². The maximum atomic E-state index is 5.36. The molecule has 1 aliphatic rings. The fourth-order valence-electron chi connectivity index (χ4n) is 3.04. The van der Waals surface area contributed by atoms with Crippen molar-refractivity contribution < 1.29 is 4.74 Å². The number of benzene rings is 2. The summed E-state index contributed by atoms with van der Waals surface area (Å²) in [6.45, 7) is 5.52. The molecule has 0 aliphatic carbocycles. The number of nitrogens with one attached hydrogen (secondary N) is 1. The van der Waals surface area contributed by atoms with Crippen LogP contribution >= 0.6 is 0 Å². The molecule has 1 fully saturated rings. The number of nitrogens with zero attached hydrogens (tertiary/aromatic N) is 4. The van der Waals surface area contributed by atoms with Gasteiger partial charge in [0.2, 0.25) is 0 Å². The first kappa shape index (κ1) is 15.1. The second-order valence-electron chi connectivity index (χ2n) is 5.93. The van der Waals surface area contributed by atoms with Crippen LogP contribution in [-0.2, 0) is 4.74 Å². The zero-order valence-corrected chi connectivity index (χ0v) is 13.6. The maximum absolute atomic E-state index is 5.36. The SMILES string of the molecule is c1ccc2c(-n3cc(NCCN4CCOCC4)nn3)cccc2c1. The summed E-state index contributed by atoms with van der Waals surface area (Å²) in [6, 6.07) is 14.5. The number of ether oxygens (including phenoxy) is 1. The van der Waals surface area contributed by atoms with E-state index in [0.29, 0.717) is 0 Å². The summed E-state index contributed by atoms with van der Waals surface area (Å²) in [5.74, 6) is 0.802. The van der Waals surface area contributed by atoms with Crippen LogP contribution in [0.15, 0.2) is 48.7 Å². The highest BCUT2D eigenvalue weighted by molar-refractivity contribution is 5.90. The van der Waals surface area contributed by atoms with Gasteiger partial charge in [0.1, 0.15) is 0 Å². The summed E-state index contributed by atoms with van der Waals surface area (Å²) in [4.78, 5) is 2.39. The highest BCUT2D eigenvalue weighted by atomic mass is 16.5. The van der Waals surface area contributed by atoms with Crippen molar-refractivity contribution in [3.8, 4) is 5.69 Å². The van der Waals surface area contributed by atoms with Gasteiger partial charge in [0.25, 0.3) is 0 Å². The van der Waals surface area contributed by atoms with E-state index >= 15 is 0 Å². The third-order valence-electron chi connectivity index (χ3n) is 4.34. The fourth-order valence-corrected chi connectivity index (χ4v) is 3.04. The Labute approximate surface area is 141 Å². The van der Waals surface area contributed by atoms with Crippen LogP contribution in [0, 0.1) is 0 Å². The lowest BCUT2D eigenvalue weighted by atomic mass is 10.1. The van der Waals surface area contributed by atoms with Crippen LogP contribution in [0.25, 0.3) is 16.5 Å². The molecule has 1 aliphatic heterocycles. The molecule has 0 spiro atoms. The molecule has 1 N–H and O–H groups in total. The molecule has 0 atom stereocenters. The zero-order chi connectivity index (χ0) is 16.2. The first-order valence-corrected chi connectivity index (χ1v) is 8.35. The van der Waals surface area contributed by atoms with E-state index < -0.39 is 0 Å². The van der Waals surface area contributed by atoms with Crippen molar-refractivity contribution in [3.63, 3.8) is 0 Å². The number of morpholine rings is 1. The average Bonchev–Trinajstić information content (AvgIpc) is 3.11. The van der Waals surface area contributed by atoms with E-state index in [2.05, 4.69) is 44.8 Å². The van der Waals surface area contributed by atoms with Gasteiger partial charge in [0.15, 0.2) is 5.82 Å². The Kier molecular flexibility index (Phi) is 4.40. The molecule has 6 nitrogen and oxygen atoms in total. The third kappa shape index (κ3) is 3.25. The van der Waals surface area contributed by atoms with E-state index in [1.807, 2.05) is 29.1 Å². The quantitative estimate of drug-likeness (QED) is 0.780. The zero-order valence-electron chi connectivity index (χ0n) is 13.6. The van der Waals surface area contributed by atoms with E-state index in [0.717, 1.165) is 50.9 Å². The molecule has 124 valence electrons. The first-order chi connectivity index (χ1) is 11.9. The van der Waals surface area contributed by atoms with Crippen molar-refractivity contribution in [2.24, 2.45) is 0 Å². The van der Waals surface area contributed by atoms with Crippen molar-refractivity contribution >= 4 is 16.6 Å². The Bertz CT molecular complexity index is 805. The molecule has 3 aromatic rings. The second kappa shape index (κ2) is 6.98. The smallest absolute Gasteiger partial charge is 0.169 e.